The summed E-state index contributed by atoms with van der Waals surface area (Å²) in [6.07, 6.45) is 8.42. The average molecular weight is 346 g/mol. The van der Waals surface area contributed by atoms with Gasteiger partial charge in [0.2, 0.25) is 0 Å². The topological polar surface area (TPSA) is 77.8 Å². The number of carbonyl (C=O) groups is 1. The highest BCUT2D eigenvalue weighted by Gasteiger charge is 2.66. The Morgan fingerprint density at radius 1 is 1.16 bits per heavy atom. The van der Waals surface area contributed by atoms with Crippen LogP contribution in [0.3, 0.4) is 0 Å². The minimum absolute atomic E-state index is 0.0918. The van der Waals surface area contributed by atoms with Crippen LogP contribution in [0, 0.1) is 28.6 Å². The maximum absolute atomic E-state index is 12.2. The fourth-order valence-electron chi connectivity index (χ4n) is 6.88. The molecule has 0 amide bonds. The number of aliphatic hydroxyl groups excluding tert-OH is 2. The molecule has 0 aromatic heterocycles. The largest absolute Gasteiger partial charge is 0.392 e. The van der Waals surface area contributed by atoms with Gasteiger partial charge in [-0.3, -0.25) is 4.79 Å². The summed E-state index contributed by atoms with van der Waals surface area (Å²) in [4.78, 5) is 12.2. The van der Waals surface area contributed by atoms with Crippen molar-refractivity contribution < 1.29 is 20.1 Å². The summed E-state index contributed by atoms with van der Waals surface area (Å²) >= 11 is 0. The van der Waals surface area contributed by atoms with E-state index in [4.69, 9.17) is 0 Å². The summed E-state index contributed by atoms with van der Waals surface area (Å²) in [7, 11) is 0. The average Bonchev–Trinajstić information content (AvgIpc) is 2.82. The normalized spacial score (nSPS) is 54.3. The van der Waals surface area contributed by atoms with Gasteiger partial charge in [0.15, 0.2) is 5.78 Å². The molecule has 4 aliphatic rings. The number of aliphatic hydroxyl groups is 3. The molecule has 3 N–H and O–H groups in total. The summed E-state index contributed by atoms with van der Waals surface area (Å²) < 4.78 is 0. The molecule has 3 fully saturated rings. The van der Waals surface area contributed by atoms with E-state index < -0.39 is 23.2 Å². The summed E-state index contributed by atoms with van der Waals surface area (Å²) in [6.45, 7) is 5.78. The minimum atomic E-state index is -1.25. The molecule has 0 aromatic rings. The zero-order valence-corrected chi connectivity index (χ0v) is 15.4. The van der Waals surface area contributed by atoms with Gasteiger partial charge >= 0.3 is 0 Å². The second-order valence-corrected chi connectivity index (χ2v) is 9.30. The number of hydrogen-bond acceptors (Lipinski definition) is 4. The van der Waals surface area contributed by atoms with Gasteiger partial charge in [-0.2, -0.15) is 0 Å². The van der Waals surface area contributed by atoms with E-state index in [1.807, 2.05) is 12.2 Å². The quantitative estimate of drug-likeness (QED) is 0.637. The van der Waals surface area contributed by atoms with Crippen LogP contribution in [0.4, 0.5) is 0 Å². The predicted octanol–water partition coefficient (Wildman–Crippen LogP) is 2.38. The maximum Gasteiger partial charge on any atom is 0.161 e. The first-order valence-corrected chi connectivity index (χ1v) is 9.63. The molecule has 0 spiro atoms. The number of ketones is 1. The van der Waals surface area contributed by atoms with E-state index in [1.165, 1.54) is 6.92 Å². The Morgan fingerprint density at radius 2 is 1.84 bits per heavy atom. The van der Waals surface area contributed by atoms with Crippen molar-refractivity contribution in [3.8, 4) is 0 Å². The molecule has 3 saturated carbocycles. The molecule has 4 nitrogen and oxygen atoms in total. The van der Waals surface area contributed by atoms with Crippen LogP contribution >= 0.6 is 0 Å². The first kappa shape index (κ1) is 17.4. The maximum atomic E-state index is 12.2. The van der Waals surface area contributed by atoms with Crippen molar-refractivity contribution in [2.24, 2.45) is 28.6 Å². The molecular formula is C21H30O4. The van der Waals surface area contributed by atoms with Gasteiger partial charge in [0.25, 0.3) is 0 Å². The Hall–Kier alpha value is -0.970. The lowest BCUT2D eigenvalue weighted by Gasteiger charge is -2.59. The highest BCUT2D eigenvalue weighted by molar-refractivity contribution is 5.86. The van der Waals surface area contributed by atoms with Gasteiger partial charge in [-0.15, -0.1) is 0 Å². The summed E-state index contributed by atoms with van der Waals surface area (Å²) in [5.74, 6) is 0.412. The Bertz CT molecular complexity index is 667. The lowest BCUT2D eigenvalue weighted by Crippen LogP contribution is -2.59. The van der Waals surface area contributed by atoms with Gasteiger partial charge in [0.05, 0.1) is 12.2 Å². The predicted molar refractivity (Wildman–Crippen MR) is 94.6 cm³/mol. The highest BCUT2D eigenvalue weighted by atomic mass is 16.3. The third-order valence-electron chi connectivity index (χ3n) is 8.41. The summed E-state index contributed by atoms with van der Waals surface area (Å²) in [6, 6.07) is 0. The molecule has 0 heterocycles. The molecule has 0 aliphatic heterocycles. The van der Waals surface area contributed by atoms with Crippen LogP contribution in [0.2, 0.25) is 0 Å². The van der Waals surface area contributed by atoms with Gasteiger partial charge in [0, 0.05) is 10.8 Å². The number of allylic oxidation sites excluding steroid dienone is 1. The molecule has 4 heteroatoms. The van der Waals surface area contributed by atoms with Crippen LogP contribution < -0.4 is 0 Å². The van der Waals surface area contributed by atoms with Crippen molar-refractivity contribution in [1.82, 2.24) is 0 Å². The van der Waals surface area contributed by atoms with Gasteiger partial charge in [-0.05, 0) is 56.8 Å². The molecule has 0 aromatic carbocycles. The molecule has 0 radical (unpaired) electrons. The van der Waals surface area contributed by atoms with Crippen molar-refractivity contribution in [1.29, 1.82) is 0 Å². The van der Waals surface area contributed by atoms with E-state index in [1.54, 1.807) is 0 Å². The lowest BCUT2D eigenvalue weighted by molar-refractivity contribution is -0.165. The van der Waals surface area contributed by atoms with Crippen molar-refractivity contribution in [2.45, 2.75) is 70.7 Å². The fourth-order valence-corrected chi connectivity index (χ4v) is 6.88. The second kappa shape index (κ2) is 5.28. The standard InChI is InChI=1S/C21H30O4/c1-12(22)21(25)9-6-16-18-15(5-8-20(16,21)3)19(2)7-4-14(23)10-13(19)11-17(18)24/h4,7,10,14-18,23-25H,5-6,8-9,11H2,1-3H3/t14-,15-,16-,17+,18+,19-,20-,21-/m0/s1. The van der Waals surface area contributed by atoms with Crippen LogP contribution in [0.25, 0.3) is 0 Å². The molecular weight excluding hydrogens is 316 g/mol. The molecule has 0 saturated heterocycles. The Morgan fingerprint density at radius 3 is 2.52 bits per heavy atom. The number of rotatable bonds is 1. The van der Waals surface area contributed by atoms with Crippen LogP contribution in [0.5, 0.6) is 0 Å². The third-order valence-corrected chi connectivity index (χ3v) is 8.41. The number of hydrogen-bond donors (Lipinski definition) is 3. The van der Waals surface area contributed by atoms with Crippen LogP contribution in [-0.4, -0.2) is 38.9 Å². The lowest BCUT2D eigenvalue weighted by atomic mass is 9.46. The summed E-state index contributed by atoms with van der Waals surface area (Å²) in [5.41, 5.74) is -0.699. The van der Waals surface area contributed by atoms with Gasteiger partial charge in [0.1, 0.15) is 5.60 Å². The van der Waals surface area contributed by atoms with E-state index in [-0.39, 0.29) is 23.0 Å². The van der Waals surface area contributed by atoms with Crippen LogP contribution in [0.1, 0.15) is 52.9 Å². The van der Waals surface area contributed by atoms with Crippen LogP contribution in [-0.2, 0) is 4.79 Å². The van der Waals surface area contributed by atoms with Crippen molar-refractivity contribution in [3.63, 3.8) is 0 Å². The second-order valence-electron chi connectivity index (χ2n) is 9.30. The Kier molecular flexibility index (Phi) is 3.68. The monoisotopic (exact) mass is 346 g/mol. The first-order valence-electron chi connectivity index (χ1n) is 9.63. The van der Waals surface area contributed by atoms with Gasteiger partial charge in [-0.1, -0.05) is 37.6 Å². The van der Waals surface area contributed by atoms with Crippen LogP contribution in [0.15, 0.2) is 23.8 Å². The molecule has 4 rings (SSSR count). The molecule has 0 bridgehead atoms. The van der Waals surface area contributed by atoms with Crippen molar-refractivity contribution >= 4 is 5.78 Å². The molecule has 138 valence electrons. The van der Waals surface area contributed by atoms with E-state index in [0.29, 0.717) is 18.8 Å². The molecule has 4 aliphatic carbocycles. The number of carbonyl (C=O) groups excluding carboxylic acids is 1. The number of fused-ring (bicyclic) bond motifs is 5. The highest BCUT2D eigenvalue weighted by Crippen LogP contribution is 2.67. The third kappa shape index (κ3) is 2.08. The Balaban J connectivity index is 1.75. The molecule has 0 unspecified atom stereocenters. The van der Waals surface area contributed by atoms with Gasteiger partial charge < -0.3 is 15.3 Å². The Labute approximate surface area is 149 Å². The van der Waals surface area contributed by atoms with E-state index >= 15 is 0 Å². The molecule has 8 atom stereocenters. The zero-order valence-electron chi connectivity index (χ0n) is 15.4. The number of Topliss-reactive ketones (excluding diaryl/α,β-unsaturated/α-hetero) is 1. The smallest absolute Gasteiger partial charge is 0.161 e. The van der Waals surface area contributed by atoms with E-state index in [2.05, 4.69) is 19.9 Å². The van der Waals surface area contributed by atoms with Crippen molar-refractivity contribution in [2.75, 3.05) is 0 Å². The summed E-state index contributed by atoms with van der Waals surface area (Å²) in [5, 5.41) is 32.1. The zero-order chi connectivity index (χ0) is 18.2. The minimum Gasteiger partial charge on any atom is -0.392 e. The van der Waals surface area contributed by atoms with Gasteiger partial charge in [-0.25, -0.2) is 0 Å². The van der Waals surface area contributed by atoms with Crippen molar-refractivity contribution in [3.05, 3.63) is 23.8 Å². The van der Waals surface area contributed by atoms with E-state index in [0.717, 1.165) is 24.8 Å². The SMILES string of the molecule is CC(=O)[C@@]1(O)CC[C@H]2[C@@H]3[C@H](O)CC4=C[C@@H](O)C=C[C@]4(C)[C@H]3CC[C@@]21C. The first-order chi connectivity index (χ1) is 11.6. The molecule has 25 heavy (non-hydrogen) atoms. The van der Waals surface area contributed by atoms with E-state index in [9.17, 15) is 20.1 Å². The fraction of sp³-hybridized carbons (Fsp3) is 0.762.